The normalized spacial score (nSPS) is 10.0. The van der Waals surface area contributed by atoms with Gasteiger partial charge in [-0.1, -0.05) is 6.07 Å². The zero-order valence-corrected chi connectivity index (χ0v) is 9.04. The van der Waals surface area contributed by atoms with E-state index in [4.69, 9.17) is 20.6 Å². The van der Waals surface area contributed by atoms with Crippen LogP contribution in [0.15, 0.2) is 18.2 Å². The van der Waals surface area contributed by atoms with E-state index in [0.717, 1.165) is 5.56 Å². The summed E-state index contributed by atoms with van der Waals surface area (Å²) in [6.07, 6.45) is 0. The quantitative estimate of drug-likeness (QED) is 0.569. The van der Waals surface area contributed by atoms with Crippen LogP contribution < -0.4 is 10.5 Å². The van der Waals surface area contributed by atoms with Crippen LogP contribution in [0.3, 0.4) is 0 Å². The highest BCUT2D eigenvalue weighted by Crippen LogP contribution is 2.19. The molecule has 0 atom stereocenters. The van der Waals surface area contributed by atoms with Crippen molar-refractivity contribution >= 4 is 5.84 Å². The molecule has 0 fully saturated rings. The number of methoxy groups -OCH3 is 1. The van der Waals surface area contributed by atoms with Gasteiger partial charge in [0, 0.05) is 6.61 Å². The minimum atomic E-state index is 0.00481. The second-order valence-electron chi connectivity index (χ2n) is 3.09. The Hall–Kier alpha value is -1.55. The number of nitrogens with one attached hydrogen (secondary N) is 1. The van der Waals surface area contributed by atoms with Gasteiger partial charge in [0.1, 0.15) is 11.6 Å². The summed E-state index contributed by atoms with van der Waals surface area (Å²) in [6, 6.07) is 5.52. The Morgan fingerprint density at radius 1 is 1.47 bits per heavy atom. The average molecular weight is 208 g/mol. The molecule has 0 aliphatic carbocycles. The molecule has 0 saturated heterocycles. The first kappa shape index (κ1) is 11.5. The zero-order chi connectivity index (χ0) is 11.3. The lowest BCUT2D eigenvalue weighted by atomic mass is 10.1. The highest BCUT2D eigenvalue weighted by Gasteiger charge is 2.06. The largest absolute Gasteiger partial charge is 0.496 e. The van der Waals surface area contributed by atoms with E-state index in [2.05, 4.69) is 0 Å². The van der Waals surface area contributed by atoms with Crippen LogP contribution in [0, 0.1) is 5.41 Å². The summed E-state index contributed by atoms with van der Waals surface area (Å²) >= 11 is 0. The highest BCUT2D eigenvalue weighted by molar-refractivity contribution is 5.97. The Bertz CT molecular complexity index is 350. The van der Waals surface area contributed by atoms with E-state index < -0.39 is 0 Å². The average Bonchev–Trinajstić information content (AvgIpc) is 2.25. The van der Waals surface area contributed by atoms with Crippen molar-refractivity contribution in [2.24, 2.45) is 5.73 Å². The van der Waals surface area contributed by atoms with Gasteiger partial charge in [0.25, 0.3) is 0 Å². The third-order valence-corrected chi connectivity index (χ3v) is 2.03. The molecule has 4 heteroatoms. The molecule has 0 heterocycles. The predicted molar refractivity (Wildman–Crippen MR) is 59.3 cm³/mol. The van der Waals surface area contributed by atoms with E-state index in [0.29, 0.717) is 24.5 Å². The molecule has 0 spiro atoms. The molecule has 0 aliphatic rings. The van der Waals surface area contributed by atoms with Crippen LogP contribution in [0.2, 0.25) is 0 Å². The van der Waals surface area contributed by atoms with Gasteiger partial charge < -0.3 is 15.2 Å². The Labute approximate surface area is 89.5 Å². The lowest BCUT2D eigenvalue weighted by Crippen LogP contribution is -2.13. The molecule has 0 amide bonds. The summed E-state index contributed by atoms with van der Waals surface area (Å²) in [7, 11) is 1.56. The maximum absolute atomic E-state index is 7.41. The fourth-order valence-electron chi connectivity index (χ4n) is 1.28. The first-order chi connectivity index (χ1) is 7.19. The molecular formula is C11H16N2O2. The summed E-state index contributed by atoms with van der Waals surface area (Å²) in [5, 5.41) is 7.41. The van der Waals surface area contributed by atoms with Gasteiger partial charge in [0.2, 0.25) is 0 Å². The van der Waals surface area contributed by atoms with Crippen molar-refractivity contribution in [1.82, 2.24) is 0 Å². The molecule has 0 unspecified atom stereocenters. The summed E-state index contributed by atoms with van der Waals surface area (Å²) in [5.41, 5.74) is 7.05. The molecule has 3 N–H and O–H groups in total. The Balaban J connectivity index is 2.94. The maximum Gasteiger partial charge on any atom is 0.129 e. The number of nitrogens with two attached hydrogens (primary N) is 1. The number of hydrogen-bond acceptors (Lipinski definition) is 3. The molecule has 82 valence electrons. The van der Waals surface area contributed by atoms with Crippen LogP contribution in [0.4, 0.5) is 0 Å². The maximum atomic E-state index is 7.41. The third kappa shape index (κ3) is 2.95. The Kier molecular flexibility index (Phi) is 4.12. The van der Waals surface area contributed by atoms with Crippen LogP contribution in [0.5, 0.6) is 5.75 Å². The first-order valence-electron chi connectivity index (χ1n) is 4.78. The van der Waals surface area contributed by atoms with Crippen molar-refractivity contribution in [2.45, 2.75) is 13.5 Å². The standard InChI is InChI=1S/C11H16N2O2/c1-3-15-7-8-4-5-10(14-2)9(6-8)11(12)13/h4-6H,3,7H2,1-2H3,(H3,12,13). The number of hydrogen-bond donors (Lipinski definition) is 2. The van der Waals surface area contributed by atoms with Crippen LogP contribution in [0.1, 0.15) is 18.1 Å². The van der Waals surface area contributed by atoms with Crippen molar-refractivity contribution in [3.8, 4) is 5.75 Å². The smallest absolute Gasteiger partial charge is 0.129 e. The van der Waals surface area contributed by atoms with Crippen molar-refractivity contribution in [2.75, 3.05) is 13.7 Å². The van der Waals surface area contributed by atoms with Gasteiger partial charge in [0.15, 0.2) is 0 Å². The fraction of sp³-hybridized carbons (Fsp3) is 0.364. The minimum Gasteiger partial charge on any atom is -0.496 e. The second-order valence-corrected chi connectivity index (χ2v) is 3.09. The predicted octanol–water partition coefficient (Wildman–Crippen LogP) is 1.52. The van der Waals surface area contributed by atoms with Crippen molar-refractivity contribution in [3.05, 3.63) is 29.3 Å². The number of rotatable bonds is 5. The van der Waals surface area contributed by atoms with Gasteiger partial charge in [-0.3, -0.25) is 5.41 Å². The van der Waals surface area contributed by atoms with Crippen molar-refractivity contribution in [3.63, 3.8) is 0 Å². The second kappa shape index (κ2) is 5.36. The molecule has 0 radical (unpaired) electrons. The van der Waals surface area contributed by atoms with E-state index in [1.165, 1.54) is 0 Å². The number of nitrogen functional groups attached to an aromatic ring is 1. The molecule has 0 bridgehead atoms. The topological polar surface area (TPSA) is 68.3 Å². The van der Waals surface area contributed by atoms with E-state index in [9.17, 15) is 0 Å². The van der Waals surface area contributed by atoms with Gasteiger partial charge in [-0.2, -0.15) is 0 Å². The summed E-state index contributed by atoms with van der Waals surface area (Å²) in [5.74, 6) is 0.618. The Morgan fingerprint density at radius 2 is 2.20 bits per heavy atom. The molecule has 0 aliphatic heterocycles. The molecule has 1 aromatic carbocycles. The van der Waals surface area contributed by atoms with Crippen molar-refractivity contribution < 1.29 is 9.47 Å². The molecule has 15 heavy (non-hydrogen) atoms. The first-order valence-corrected chi connectivity index (χ1v) is 4.78. The third-order valence-electron chi connectivity index (χ3n) is 2.03. The molecule has 4 nitrogen and oxygen atoms in total. The van der Waals surface area contributed by atoms with E-state index in [1.807, 2.05) is 19.1 Å². The highest BCUT2D eigenvalue weighted by atomic mass is 16.5. The van der Waals surface area contributed by atoms with E-state index in [1.54, 1.807) is 13.2 Å². The van der Waals surface area contributed by atoms with Crippen LogP contribution in [0.25, 0.3) is 0 Å². The van der Waals surface area contributed by atoms with Crippen LogP contribution in [-0.2, 0) is 11.3 Å². The van der Waals surface area contributed by atoms with Crippen LogP contribution >= 0.6 is 0 Å². The van der Waals surface area contributed by atoms with Crippen LogP contribution in [-0.4, -0.2) is 19.6 Å². The fourth-order valence-corrected chi connectivity index (χ4v) is 1.28. The number of benzene rings is 1. The minimum absolute atomic E-state index is 0.00481. The van der Waals surface area contributed by atoms with E-state index in [-0.39, 0.29) is 5.84 Å². The zero-order valence-electron chi connectivity index (χ0n) is 9.04. The lowest BCUT2D eigenvalue weighted by molar-refractivity contribution is 0.134. The summed E-state index contributed by atoms with van der Waals surface area (Å²) in [6.45, 7) is 3.14. The molecule has 1 rings (SSSR count). The van der Waals surface area contributed by atoms with Gasteiger partial charge in [-0.25, -0.2) is 0 Å². The van der Waals surface area contributed by atoms with Gasteiger partial charge in [0.05, 0.1) is 19.3 Å². The molecule has 0 saturated carbocycles. The molecule has 1 aromatic rings. The monoisotopic (exact) mass is 208 g/mol. The Morgan fingerprint density at radius 3 is 2.73 bits per heavy atom. The number of ether oxygens (including phenoxy) is 2. The summed E-state index contributed by atoms with van der Waals surface area (Å²) < 4.78 is 10.4. The van der Waals surface area contributed by atoms with Gasteiger partial charge >= 0.3 is 0 Å². The summed E-state index contributed by atoms with van der Waals surface area (Å²) in [4.78, 5) is 0. The molecule has 0 aromatic heterocycles. The number of amidine groups is 1. The van der Waals surface area contributed by atoms with Gasteiger partial charge in [-0.15, -0.1) is 0 Å². The SMILES string of the molecule is CCOCc1ccc(OC)c(C(=N)N)c1. The lowest BCUT2D eigenvalue weighted by Gasteiger charge is -2.09. The van der Waals surface area contributed by atoms with Crippen molar-refractivity contribution in [1.29, 1.82) is 5.41 Å². The van der Waals surface area contributed by atoms with E-state index >= 15 is 0 Å². The molecular weight excluding hydrogens is 192 g/mol. The van der Waals surface area contributed by atoms with Gasteiger partial charge in [-0.05, 0) is 24.6 Å².